The van der Waals surface area contributed by atoms with E-state index in [1.165, 1.54) is 6.07 Å². The summed E-state index contributed by atoms with van der Waals surface area (Å²) in [6.07, 6.45) is 0. The smallest absolute Gasteiger partial charge is 0.160 e. The van der Waals surface area contributed by atoms with Crippen LogP contribution in [0.25, 0.3) is 22.3 Å². The van der Waals surface area contributed by atoms with Crippen molar-refractivity contribution in [1.29, 1.82) is 0 Å². The maximum atomic E-state index is 14.1. The summed E-state index contributed by atoms with van der Waals surface area (Å²) in [6.45, 7) is 14.1. The molecule has 1 aromatic heterocycles. The minimum absolute atomic E-state index is 0.226. The molecule has 0 fully saturated rings. The van der Waals surface area contributed by atoms with E-state index in [0.29, 0.717) is 16.6 Å². The second-order valence-electron chi connectivity index (χ2n) is 8.77. The van der Waals surface area contributed by atoms with E-state index >= 15 is 0 Å². The lowest BCUT2D eigenvalue weighted by atomic mass is 10.1. The second-order valence-corrected chi connectivity index (χ2v) is 14.8. The van der Waals surface area contributed by atoms with Gasteiger partial charge in [0.1, 0.15) is 5.82 Å². The molecule has 0 saturated carbocycles. The van der Waals surface area contributed by atoms with E-state index in [9.17, 15) is 4.39 Å². The van der Waals surface area contributed by atoms with Crippen molar-refractivity contribution in [3.05, 3.63) is 60.0 Å². The van der Waals surface area contributed by atoms with Crippen LogP contribution in [-0.4, -0.2) is 18.0 Å². The van der Waals surface area contributed by atoms with Gasteiger partial charge in [0.05, 0.1) is 13.6 Å². The molecule has 0 aliphatic heterocycles. The monoisotopic (exact) mass is 394 g/mol. The number of rotatable bonds is 6. The summed E-state index contributed by atoms with van der Waals surface area (Å²) in [5.74, 6) is 0.504. The molecular weight excluding hydrogens is 363 g/mol. The summed E-state index contributed by atoms with van der Waals surface area (Å²) in [5, 5.41) is 0.860. The van der Waals surface area contributed by atoms with Crippen LogP contribution in [0, 0.1) is 5.82 Å². The van der Waals surface area contributed by atoms with Gasteiger partial charge < -0.3 is 0 Å². The molecule has 2 nitrogen and oxygen atoms in total. The largest absolute Gasteiger partial charge is 0.233 e. The van der Waals surface area contributed by atoms with Gasteiger partial charge in [0.25, 0.3) is 0 Å². The van der Waals surface area contributed by atoms with Crippen LogP contribution in [0.1, 0.15) is 47.2 Å². The molecule has 3 aromatic rings. The molecule has 0 saturated heterocycles. The van der Waals surface area contributed by atoms with Gasteiger partial charge in [0.15, 0.2) is 5.82 Å². The van der Waals surface area contributed by atoms with Crippen molar-refractivity contribution in [3.8, 4) is 11.4 Å². The van der Waals surface area contributed by atoms with Crippen LogP contribution in [-0.2, 0) is 6.04 Å². The van der Waals surface area contributed by atoms with E-state index in [0.717, 1.165) is 34.0 Å². The molecule has 0 spiro atoms. The first-order chi connectivity index (χ1) is 13.3. The minimum atomic E-state index is -1.74. The Labute approximate surface area is 169 Å². The molecule has 0 unspecified atom stereocenters. The summed E-state index contributed by atoms with van der Waals surface area (Å²) >= 11 is 0. The predicted molar refractivity (Wildman–Crippen MR) is 120 cm³/mol. The van der Waals surface area contributed by atoms with E-state index in [1.807, 2.05) is 30.3 Å². The summed E-state index contributed by atoms with van der Waals surface area (Å²) in [4.78, 5) is 9.75. The second kappa shape index (κ2) is 8.12. The van der Waals surface area contributed by atoms with Crippen molar-refractivity contribution >= 4 is 19.0 Å². The molecular formula is C24H31FN2Si. The van der Waals surface area contributed by atoms with Gasteiger partial charge in [0, 0.05) is 16.6 Å². The zero-order valence-electron chi connectivity index (χ0n) is 17.8. The fourth-order valence-corrected chi connectivity index (χ4v) is 11.0. The third-order valence-electron chi connectivity index (χ3n) is 6.47. The Kier molecular flexibility index (Phi) is 5.99. The van der Waals surface area contributed by atoms with Gasteiger partial charge in [0.2, 0.25) is 0 Å². The van der Waals surface area contributed by atoms with E-state index in [2.05, 4.69) is 41.5 Å². The van der Waals surface area contributed by atoms with Gasteiger partial charge in [-0.15, -0.1) is 0 Å². The van der Waals surface area contributed by atoms with Crippen LogP contribution in [0.15, 0.2) is 48.5 Å². The number of aromatic nitrogens is 2. The van der Waals surface area contributed by atoms with Crippen molar-refractivity contribution in [3.63, 3.8) is 0 Å². The molecule has 1 heterocycles. The average Bonchev–Trinajstić information content (AvgIpc) is 2.65. The molecule has 2 aromatic carbocycles. The SMILES string of the molecule is CC(C)[Si](Cc1nc(-c2ccccc2)nc2ccc(F)cc12)(C(C)C)C(C)C. The number of benzene rings is 2. The molecule has 0 aliphatic rings. The first kappa shape index (κ1) is 20.7. The van der Waals surface area contributed by atoms with Gasteiger partial charge in [-0.1, -0.05) is 88.5 Å². The quantitative estimate of drug-likeness (QED) is 0.413. The van der Waals surface area contributed by atoms with E-state index in [-0.39, 0.29) is 5.82 Å². The van der Waals surface area contributed by atoms with Gasteiger partial charge in [-0.05, 0) is 24.2 Å². The highest BCUT2D eigenvalue weighted by atomic mass is 28.3. The number of hydrogen-bond donors (Lipinski definition) is 0. The van der Waals surface area contributed by atoms with Crippen LogP contribution >= 0.6 is 0 Å². The normalized spacial score (nSPS) is 12.5. The highest BCUT2D eigenvalue weighted by Crippen LogP contribution is 2.44. The van der Waals surface area contributed by atoms with Gasteiger partial charge in [-0.3, -0.25) is 0 Å². The Bertz CT molecular complexity index is 930. The number of nitrogens with zero attached hydrogens (tertiary/aromatic N) is 2. The number of hydrogen-bond acceptors (Lipinski definition) is 2. The maximum Gasteiger partial charge on any atom is 0.160 e. The van der Waals surface area contributed by atoms with Crippen molar-refractivity contribution < 1.29 is 4.39 Å². The first-order valence-electron chi connectivity index (χ1n) is 10.3. The first-order valence-corrected chi connectivity index (χ1v) is 12.7. The van der Waals surface area contributed by atoms with Crippen molar-refractivity contribution in [1.82, 2.24) is 9.97 Å². The van der Waals surface area contributed by atoms with Crippen LogP contribution in [0.4, 0.5) is 4.39 Å². The molecule has 0 amide bonds. The third-order valence-corrected chi connectivity index (χ3v) is 13.9. The Morgan fingerprint density at radius 3 is 2.00 bits per heavy atom. The lowest BCUT2D eigenvalue weighted by Gasteiger charge is -2.43. The minimum Gasteiger partial charge on any atom is -0.233 e. The molecule has 0 aliphatic carbocycles. The lowest BCUT2D eigenvalue weighted by molar-refractivity contribution is 0.629. The fourth-order valence-electron chi connectivity index (χ4n) is 4.92. The summed E-state index contributed by atoms with van der Waals surface area (Å²) in [5.41, 5.74) is 4.68. The van der Waals surface area contributed by atoms with Crippen LogP contribution in [0.2, 0.25) is 16.6 Å². The highest BCUT2D eigenvalue weighted by Gasteiger charge is 2.43. The average molecular weight is 395 g/mol. The van der Waals surface area contributed by atoms with Crippen molar-refractivity contribution in [2.75, 3.05) is 0 Å². The molecule has 0 N–H and O–H groups in total. The standard InChI is InChI=1S/C24H31FN2Si/c1-16(2)28(17(3)4,18(5)6)15-23-21-14-20(25)12-13-22(21)26-24(27-23)19-10-8-7-9-11-19/h7-14,16-18H,15H2,1-6H3. The Morgan fingerprint density at radius 2 is 1.43 bits per heavy atom. The summed E-state index contributed by atoms with van der Waals surface area (Å²) in [6, 6.07) is 15.9. The van der Waals surface area contributed by atoms with Crippen molar-refractivity contribution in [2.24, 2.45) is 0 Å². The molecule has 148 valence electrons. The van der Waals surface area contributed by atoms with Crippen LogP contribution in [0.5, 0.6) is 0 Å². The Morgan fingerprint density at radius 1 is 0.821 bits per heavy atom. The molecule has 0 radical (unpaired) electrons. The van der Waals surface area contributed by atoms with Gasteiger partial charge in [-0.2, -0.15) is 0 Å². The van der Waals surface area contributed by atoms with E-state index in [1.54, 1.807) is 12.1 Å². The van der Waals surface area contributed by atoms with Crippen LogP contribution in [0.3, 0.4) is 0 Å². The van der Waals surface area contributed by atoms with Gasteiger partial charge >= 0.3 is 0 Å². The Balaban J connectivity index is 2.24. The summed E-state index contributed by atoms with van der Waals surface area (Å²) in [7, 11) is -1.74. The van der Waals surface area contributed by atoms with Crippen LogP contribution < -0.4 is 0 Å². The Hall–Kier alpha value is -2.07. The molecule has 3 rings (SSSR count). The summed E-state index contributed by atoms with van der Waals surface area (Å²) < 4.78 is 14.1. The number of halogens is 1. The molecule has 28 heavy (non-hydrogen) atoms. The predicted octanol–water partition coefficient (Wildman–Crippen LogP) is 7.20. The third kappa shape index (κ3) is 3.75. The van der Waals surface area contributed by atoms with E-state index in [4.69, 9.17) is 9.97 Å². The van der Waals surface area contributed by atoms with Gasteiger partial charge in [-0.25, -0.2) is 14.4 Å². The highest BCUT2D eigenvalue weighted by molar-refractivity contribution is 6.83. The topological polar surface area (TPSA) is 25.8 Å². The molecule has 0 atom stereocenters. The lowest BCUT2D eigenvalue weighted by Crippen LogP contribution is -2.47. The zero-order valence-corrected chi connectivity index (χ0v) is 18.8. The fraction of sp³-hybridized carbons (Fsp3) is 0.417. The van der Waals surface area contributed by atoms with E-state index < -0.39 is 8.07 Å². The van der Waals surface area contributed by atoms with Crippen molar-refractivity contribution in [2.45, 2.75) is 64.2 Å². The zero-order chi connectivity index (χ0) is 20.5. The number of fused-ring (bicyclic) bond motifs is 1. The molecule has 0 bridgehead atoms. The maximum absolute atomic E-state index is 14.1. The molecule has 4 heteroatoms.